The maximum atomic E-state index is 2.39. The largest absolute Gasteiger partial charge is 0.0649 e. The Labute approximate surface area is 85.1 Å². The van der Waals surface area contributed by atoms with Crippen molar-refractivity contribution in [2.75, 3.05) is 0 Å². The molecule has 0 saturated carbocycles. The summed E-state index contributed by atoms with van der Waals surface area (Å²) < 4.78 is 0. The van der Waals surface area contributed by atoms with Crippen molar-refractivity contribution in [3.05, 3.63) is 0 Å². The van der Waals surface area contributed by atoms with E-state index in [1.807, 2.05) is 0 Å². The van der Waals surface area contributed by atoms with E-state index in [0.717, 1.165) is 5.92 Å². The SMILES string of the molecule is CCC(C)(C)CCC(C)(C)C(C)C. The topological polar surface area (TPSA) is 0 Å². The van der Waals surface area contributed by atoms with E-state index in [-0.39, 0.29) is 0 Å². The summed E-state index contributed by atoms with van der Waals surface area (Å²) >= 11 is 0. The van der Waals surface area contributed by atoms with Gasteiger partial charge in [0.1, 0.15) is 0 Å². The lowest BCUT2D eigenvalue weighted by molar-refractivity contribution is 0.179. The molecule has 0 nitrogen and oxygen atoms in total. The number of hydrogen-bond acceptors (Lipinski definition) is 0. The van der Waals surface area contributed by atoms with E-state index >= 15 is 0 Å². The van der Waals surface area contributed by atoms with Crippen LogP contribution in [0.5, 0.6) is 0 Å². The molecular weight excluding hydrogens is 156 g/mol. The van der Waals surface area contributed by atoms with Crippen LogP contribution < -0.4 is 0 Å². The normalized spacial score (nSPS) is 13.8. The van der Waals surface area contributed by atoms with Gasteiger partial charge in [-0.15, -0.1) is 0 Å². The number of rotatable bonds is 5. The van der Waals surface area contributed by atoms with Gasteiger partial charge in [0.2, 0.25) is 0 Å². The van der Waals surface area contributed by atoms with Crippen LogP contribution in [0.3, 0.4) is 0 Å². The average molecular weight is 184 g/mol. The molecule has 0 fully saturated rings. The highest BCUT2D eigenvalue weighted by Gasteiger charge is 2.25. The van der Waals surface area contributed by atoms with E-state index in [1.165, 1.54) is 19.3 Å². The molecular formula is C13H28. The molecule has 0 aromatic rings. The lowest BCUT2D eigenvalue weighted by Gasteiger charge is -2.33. The van der Waals surface area contributed by atoms with Gasteiger partial charge in [0, 0.05) is 0 Å². The zero-order chi connectivity index (χ0) is 10.7. The molecule has 0 unspecified atom stereocenters. The van der Waals surface area contributed by atoms with Gasteiger partial charge in [-0.3, -0.25) is 0 Å². The van der Waals surface area contributed by atoms with E-state index in [0.29, 0.717) is 10.8 Å². The minimum atomic E-state index is 0.506. The molecule has 0 aromatic carbocycles. The maximum Gasteiger partial charge on any atom is -0.0331 e. The van der Waals surface area contributed by atoms with Gasteiger partial charge in [0.05, 0.1) is 0 Å². The molecule has 13 heavy (non-hydrogen) atoms. The summed E-state index contributed by atoms with van der Waals surface area (Å²) in [5.41, 5.74) is 1.04. The fourth-order valence-electron chi connectivity index (χ4n) is 1.13. The Hall–Kier alpha value is 0. The van der Waals surface area contributed by atoms with Crippen molar-refractivity contribution < 1.29 is 0 Å². The summed E-state index contributed by atoms with van der Waals surface area (Å²) in [5, 5.41) is 0. The van der Waals surface area contributed by atoms with Crippen LogP contribution in [-0.2, 0) is 0 Å². The summed E-state index contributed by atoms with van der Waals surface area (Å²) in [6.07, 6.45) is 4.00. The second-order valence-corrected chi connectivity index (χ2v) is 6.16. The third kappa shape index (κ3) is 4.69. The van der Waals surface area contributed by atoms with E-state index in [9.17, 15) is 0 Å². The number of hydrogen-bond donors (Lipinski definition) is 0. The highest BCUT2D eigenvalue weighted by molar-refractivity contribution is 4.76. The van der Waals surface area contributed by atoms with Crippen molar-refractivity contribution in [2.24, 2.45) is 16.7 Å². The first-order valence-electron chi connectivity index (χ1n) is 5.71. The Morgan fingerprint density at radius 1 is 0.923 bits per heavy atom. The lowest BCUT2D eigenvalue weighted by atomic mass is 9.72. The van der Waals surface area contributed by atoms with E-state index in [1.54, 1.807) is 0 Å². The van der Waals surface area contributed by atoms with Gasteiger partial charge in [-0.1, -0.05) is 54.9 Å². The zero-order valence-electron chi connectivity index (χ0n) is 10.7. The summed E-state index contributed by atoms with van der Waals surface area (Å²) in [6.45, 7) is 16.5. The molecule has 0 saturated heterocycles. The predicted molar refractivity (Wildman–Crippen MR) is 61.9 cm³/mol. The zero-order valence-corrected chi connectivity index (χ0v) is 10.7. The standard InChI is InChI=1S/C13H28/c1-8-12(4,5)9-10-13(6,7)11(2)3/h11H,8-10H2,1-7H3. The quantitative estimate of drug-likeness (QED) is 0.571. The summed E-state index contributed by atoms with van der Waals surface area (Å²) in [5.74, 6) is 0.792. The Morgan fingerprint density at radius 2 is 1.38 bits per heavy atom. The molecule has 0 atom stereocenters. The molecule has 0 heterocycles. The molecule has 0 heteroatoms. The first kappa shape index (κ1) is 13.0. The third-order valence-electron chi connectivity index (χ3n) is 3.97. The highest BCUT2D eigenvalue weighted by atomic mass is 14.3. The molecule has 80 valence electrons. The van der Waals surface area contributed by atoms with Crippen LogP contribution >= 0.6 is 0 Å². The van der Waals surface area contributed by atoms with Gasteiger partial charge in [0.25, 0.3) is 0 Å². The molecule has 0 aromatic heterocycles. The minimum absolute atomic E-state index is 0.506. The second kappa shape index (κ2) is 4.48. The second-order valence-electron chi connectivity index (χ2n) is 6.16. The fourth-order valence-corrected chi connectivity index (χ4v) is 1.13. The van der Waals surface area contributed by atoms with Crippen molar-refractivity contribution in [2.45, 2.75) is 67.7 Å². The van der Waals surface area contributed by atoms with Crippen LogP contribution in [0.1, 0.15) is 67.7 Å². The van der Waals surface area contributed by atoms with Crippen molar-refractivity contribution in [3.8, 4) is 0 Å². The van der Waals surface area contributed by atoms with Gasteiger partial charge < -0.3 is 0 Å². The molecule has 0 bridgehead atoms. The van der Waals surface area contributed by atoms with E-state index in [2.05, 4.69) is 48.5 Å². The van der Waals surface area contributed by atoms with Crippen LogP contribution in [0.2, 0.25) is 0 Å². The van der Waals surface area contributed by atoms with Gasteiger partial charge in [-0.05, 0) is 29.6 Å². The smallest absolute Gasteiger partial charge is 0.0331 e. The van der Waals surface area contributed by atoms with Crippen LogP contribution in [0.15, 0.2) is 0 Å². The van der Waals surface area contributed by atoms with Crippen LogP contribution in [0.25, 0.3) is 0 Å². The Bertz CT molecular complexity index is 140. The van der Waals surface area contributed by atoms with Gasteiger partial charge in [-0.2, -0.15) is 0 Å². The van der Waals surface area contributed by atoms with Crippen molar-refractivity contribution >= 4 is 0 Å². The monoisotopic (exact) mass is 184 g/mol. The molecule has 0 aliphatic carbocycles. The Balaban J connectivity index is 4.02. The molecule has 0 aliphatic heterocycles. The van der Waals surface area contributed by atoms with E-state index in [4.69, 9.17) is 0 Å². The maximum absolute atomic E-state index is 2.39. The minimum Gasteiger partial charge on any atom is -0.0649 e. The van der Waals surface area contributed by atoms with Gasteiger partial charge >= 0.3 is 0 Å². The Morgan fingerprint density at radius 3 is 1.69 bits per heavy atom. The van der Waals surface area contributed by atoms with Gasteiger partial charge in [0.15, 0.2) is 0 Å². The molecule has 0 spiro atoms. The summed E-state index contributed by atoms with van der Waals surface area (Å²) in [7, 11) is 0. The van der Waals surface area contributed by atoms with Gasteiger partial charge in [-0.25, -0.2) is 0 Å². The molecule has 0 amide bonds. The van der Waals surface area contributed by atoms with Crippen LogP contribution in [0.4, 0.5) is 0 Å². The van der Waals surface area contributed by atoms with Crippen molar-refractivity contribution in [1.82, 2.24) is 0 Å². The van der Waals surface area contributed by atoms with Crippen molar-refractivity contribution in [3.63, 3.8) is 0 Å². The lowest BCUT2D eigenvalue weighted by Crippen LogP contribution is -2.22. The molecule has 0 radical (unpaired) electrons. The summed E-state index contributed by atoms with van der Waals surface area (Å²) in [6, 6.07) is 0. The average Bonchev–Trinajstić information content (AvgIpc) is 2.01. The van der Waals surface area contributed by atoms with Crippen LogP contribution in [-0.4, -0.2) is 0 Å². The fraction of sp³-hybridized carbons (Fsp3) is 1.00. The molecule has 0 rings (SSSR count). The van der Waals surface area contributed by atoms with Crippen molar-refractivity contribution in [1.29, 1.82) is 0 Å². The van der Waals surface area contributed by atoms with E-state index < -0.39 is 0 Å². The highest BCUT2D eigenvalue weighted by Crippen LogP contribution is 2.37. The first-order valence-corrected chi connectivity index (χ1v) is 5.71. The third-order valence-corrected chi connectivity index (χ3v) is 3.97. The summed E-state index contributed by atoms with van der Waals surface area (Å²) in [4.78, 5) is 0. The Kier molecular flexibility index (Phi) is 4.48. The predicted octanol–water partition coefficient (Wildman–Crippen LogP) is 4.89. The molecule has 0 N–H and O–H groups in total. The first-order chi connectivity index (χ1) is 5.71. The van der Waals surface area contributed by atoms with Crippen LogP contribution in [0, 0.1) is 16.7 Å². The molecule has 0 aliphatic rings.